The molecule has 0 radical (unpaired) electrons. The maximum absolute atomic E-state index is 11.1. The Morgan fingerprint density at radius 2 is 1.24 bits per heavy atom. The highest BCUT2D eigenvalue weighted by Gasteiger charge is 2.20. The van der Waals surface area contributed by atoms with E-state index in [0.29, 0.717) is 0 Å². The Bertz CT molecular complexity index is 595. The maximum atomic E-state index is 11.1. The molecule has 0 aliphatic heterocycles. The second-order valence-electron chi connectivity index (χ2n) is 8.14. The Kier molecular flexibility index (Phi) is 13.3. The lowest BCUT2D eigenvalue weighted by molar-refractivity contribution is 0.142. The third kappa shape index (κ3) is 9.56. The zero-order valence-corrected chi connectivity index (χ0v) is 18.9. The van der Waals surface area contributed by atoms with Gasteiger partial charge in [-0.25, -0.2) is 4.79 Å². The van der Waals surface area contributed by atoms with Gasteiger partial charge in [-0.15, -0.1) is 0 Å². The normalized spacial score (nSPS) is 11.0. The van der Waals surface area contributed by atoms with Crippen LogP contribution in [0.25, 0.3) is 0 Å². The fourth-order valence-electron chi connectivity index (χ4n) is 3.97. The minimum atomic E-state index is -1.37. The van der Waals surface area contributed by atoms with Gasteiger partial charge in [0.2, 0.25) is 0 Å². The number of hydrogen-bond donors (Lipinski definition) is 2. The summed E-state index contributed by atoms with van der Waals surface area (Å²) in [6.45, 7) is 6.60. The monoisotopic (exact) mass is 406 g/mol. The summed E-state index contributed by atoms with van der Waals surface area (Å²) in [5.74, 6) is 0.137. The predicted molar refractivity (Wildman–Crippen MR) is 120 cm³/mol. The Morgan fingerprint density at radius 3 is 1.72 bits per heavy atom. The van der Waals surface area contributed by atoms with Gasteiger partial charge in [-0.3, -0.25) is 0 Å². The van der Waals surface area contributed by atoms with E-state index in [-0.39, 0.29) is 11.5 Å². The summed E-state index contributed by atoms with van der Waals surface area (Å²) in [6.07, 6.45) is 15.2. The molecule has 0 aliphatic carbocycles. The fourth-order valence-corrected chi connectivity index (χ4v) is 3.97. The van der Waals surface area contributed by atoms with E-state index in [0.717, 1.165) is 56.1 Å². The van der Waals surface area contributed by atoms with Crippen LogP contribution in [-0.4, -0.2) is 16.4 Å². The number of aromatic hydroxyl groups is 1. The molecule has 166 valence electrons. The van der Waals surface area contributed by atoms with E-state index < -0.39 is 6.16 Å². The standard InChI is InChI=1S/C25H42O4/c1-4-7-10-13-16-20-19-23(29-25(27)28)24(26)22(18-15-12-9-6-3)21(20)17-14-11-8-5-2/h19,26H,4-18H2,1-3H3,(H,27,28). The first-order valence-electron chi connectivity index (χ1n) is 11.8. The van der Waals surface area contributed by atoms with Crippen molar-refractivity contribution >= 4 is 6.16 Å². The molecule has 1 aromatic carbocycles. The second kappa shape index (κ2) is 15.2. The number of carbonyl (C=O) groups is 1. The molecule has 0 aliphatic rings. The molecule has 29 heavy (non-hydrogen) atoms. The zero-order valence-electron chi connectivity index (χ0n) is 18.9. The van der Waals surface area contributed by atoms with Crippen LogP contribution in [0.1, 0.15) is 115 Å². The van der Waals surface area contributed by atoms with Crippen molar-refractivity contribution in [3.05, 3.63) is 22.8 Å². The molecule has 0 saturated carbocycles. The summed E-state index contributed by atoms with van der Waals surface area (Å²) in [6, 6.07) is 1.78. The lowest BCUT2D eigenvalue weighted by atomic mass is 9.89. The summed E-state index contributed by atoms with van der Waals surface area (Å²) in [7, 11) is 0. The van der Waals surface area contributed by atoms with Crippen molar-refractivity contribution in [1.29, 1.82) is 0 Å². The minimum Gasteiger partial charge on any atom is -0.504 e. The van der Waals surface area contributed by atoms with Crippen LogP contribution in [0.3, 0.4) is 0 Å². The summed E-state index contributed by atoms with van der Waals surface area (Å²) < 4.78 is 4.95. The summed E-state index contributed by atoms with van der Waals surface area (Å²) >= 11 is 0. The number of hydrogen-bond acceptors (Lipinski definition) is 3. The number of benzene rings is 1. The van der Waals surface area contributed by atoms with Crippen LogP contribution in [0.2, 0.25) is 0 Å². The molecule has 4 nitrogen and oxygen atoms in total. The highest BCUT2D eigenvalue weighted by molar-refractivity contribution is 5.65. The van der Waals surface area contributed by atoms with Crippen LogP contribution in [0.15, 0.2) is 6.07 Å². The molecule has 0 unspecified atom stereocenters. The molecule has 0 heterocycles. The molecule has 4 heteroatoms. The third-order valence-electron chi connectivity index (χ3n) is 5.63. The lowest BCUT2D eigenvalue weighted by Gasteiger charge is -2.19. The number of carboxylic acid groups (broad SMARTS) is 1. The van der Waals surface area contributed by atoms with Crippen molar-refractivity contribution in [3.8, 4) is 11.5 Å². The van der Waals surface area contributed by atoms with E-state index >= 15 is 0 Å². The molecule has 0 spiro atoms. The summed E-state index contributed by atoms with van der Waals surface area (Å²) in [5.41, 5.74) is 3.32. The first-order valence-corrected chi connectivity index (χ1v) is 11.8. The van der Waals surface area contributed by atoms with Gasteiger partial charge < -0.3 is 14.9 Å². The average Bonchev–Trinajstić information content (AvgIpc) is 2.69. The van der Waals surface area contributed by atoms with Crippen molar-refractivity contribution < 1.29 is 19.7 Å². The maximum Gasteiger partial charge on any atom is 0.511 e. The first-order chi connectivity index (χ1) is 14.0. The van der Waals surface area contributed by atoms with Crippen molar-refractivity contribution in [1.82, 2.24) is 0 Å². The Morgan fingerprint density at radius 1 is 0.759 bits per heavy atom. The molecule has 1 rings (SSSR count). The molecule has 0 fully saturated rings. The Balaban J connectivity index is 3.16. The van der Waals surface area contributed by atoms with Gasteiger partial charge in [-0.1, -0.05) is 78.6 Å². The number of aryl methyl sites for hydroxylation is 1. The quantitative estimate of drug-likeness (QED) is 0.167. The molecule has 2 N–H and O–H groups in total. The third-order valence-corrected chi connectivity index (χ3v) is 5.63. The van der Waals surface area contributed by atoms with Gasteiger partial charge in [-0.2, -0.15) is 0 Å². The Labute approximate surface area is 177 Å². The van der Waals surface area contributed by atoms with Crippen LogP contribution in [0.5, 0.6) is 11.5 Å². The first kappa shape index (κ1) is 25.3. The number of rotatable bonds is 16. The van der Waals surface area contributed by atoms with Crippen LogP contribution in [0.4, 0.5) is 4.79 Å². The molecule has 1 aromatic rings. The van der Waals surface area contributed by atoms with Crippen molar-refractivity contribution in [2.75, 3.05) is 0 Å². The lowest BCUT2D eigenvalue weighted by Crippen LogP contribution is -2.08. The Hall–Kier alpha value is -1.71. The fraction of sp³-hybridized carbons (Fsp3) is 0.720. The van der Waals surface area contributed by atoms with Gasteiger partial charge in [0.1, 0.15) is 0 Å². The number of phenolic OH excluding ortho intramolecular Hbond substituents is 1. The molecule has 0 saturated heterocycles. The average molecular weight is 407 g/mol. The number of unbranched alkanes of at least 4 members (excludes halogenated alkanes) is 9. The van der Waals surface area contributed by atoms with Crippen LogP contribution < -0.4 is 4.74 Å². The van der Waals surface area contributed by atoms with Crippen LogP contribution >= 0.6 is 0 Å². The van der Waals surface area contributed by atoms with Crippen LogP contribution in [-0.2, 0) is 19.3 Å². The van der Waals surface area contributed by atoms with Gasteiger partial charge in [-0.05, 0) is 55.7 Å². The largest absolute Gasteiger partial charge is 0.511 e. The van der Waals surface area contributed by atoms with E-state index in [4.69, 9.17) is 9.84 Å². The molecule has 0 atom stereocenters. The molecule has 0 aromatic heterocycles. The van der Waals surface area contributed by atoms with E-state index in [1.165, 1.54) is 56.9 Å². The van der Waals surface area contributed by atoms with Gasteiger partial charge in [0, 0.05) is 5.56 Å². The summed E-state index contributed by atoms with van der Waals surface area (Å²) in [5, 5.41) is 19.9. The highest BCUT2D eigenvalue weighted by atomic mass is 16.7. The van der Waals surface area contributed by atoms with Gasteiger partial charge >= 0.3 is 6.16 Å². The number of phenols is 1. The topological polar surface area (TPSA) is 66.8 Å². The number of ether oxygens (including phenoxy) is 1. The van der Waals surface area contributed by atoms with Gasteiger partial charge in [0.15, 0.2) is 11.5 Å². The predicted octanol–water partition coefficient (Wildman–Crippen LogP) is 7.82. The van der Waals surface area contributed by atoms with Gasteiger partial charge in [0.25, 0.3) is 0 Å². The van der Waals surface area contributed by atoms with Gasteiger partial charge in [0.05, 0.1) is 0 Å². The molecular formula is C25H42O4. The SMILES string of the molecule is CCCCCCc1cc(OC(=O)O)c(O)c(CCCCCC)c1CCCCCC. The highest BCUT2D eigenvalue weighted by Crippen LogP contribution is 2.38. The second-order valence-corrected chi connectivity index (χ2v) is 8.14. The molecule has 0 bridgehead atoms. The van der Waals surface area contributed by atoms with Crippen molar-refractivity contribution in [2.45, 2.75) is 117 Å². The smallest absolute Gasteiger partial charge is 0.504 e. The van der Waals surface area contributed by atoms with Crippen LogP contribution in [0, 0.1) is 0 Å². The zero-order chi connectivity index (χ0) is 21.5. The summed E-state index contributed by atoms with van der Waals surface area (Å²) in [4.78, 5) is 11.1. The van der Waals surface area contributed by atoms with E-state index in [2.05, 4.69) is 20.8 Å². The van der Waals surface area contributed by atoms with E-state index in [1.54, 1.807) is 6.07 Å². The minimum absolute atomic E-state index is 0.0340. The van der Waals surface area contributed by atoms with E-state index in [9.17, 15) is 9.90 Å². The van der Waals surface area contributed by atoms with Crippen molar-refractivity contribution in [3.63, 3.8) is 0 Å². The van der Waals surface area contributed by atoms with Crippen molar-refractivity contribution in [2.24, 2.45) is 0 Å². The van der Waals surface area contributed by atoms with E-state index in [1.807, 2.05) is 0 Å². The molecule has 0 amide bonds. The molecular weight excluding hydrogens is 364 g/mol.